The number of carbonyl (C=O) groups excluding carboxylic acids is 1. The van der Waals surface area contributed by atoms with Crippen LogP contribution in [-0.4, -0.2) is 24.7 Å². The van der Waals surface area contributed by atoms with Crippen molar-refractivity contribution in [1.82, 2.24) is 0 Å². The molecule has 0 amide bonds. The summed E-state index contributed by atoms with van der Waals surface area (Å²) in [6.07, 6.45) is 0. The van der Waals surface area contributed by atoms with Crippen LogP contribution >= 0.6 is 0 Å². The Labute approximate surface area is 132 Å². The molecule has 0 aromatic heterocycles. The highest BCUT2D eigenvalue weighted by Gasteiger charge is 2.27. The van der Waals surface area contributed by atoms with E-state index in [1.165, 1.54) is 12.1 Å². The third kappa shape index (κ3) is 3.20. The van der Waals surface area contributed by atoms with Crippen LogP contribution in [0.5, 0.6) is 11.5 Å². The quantitative estimate of drug-likeness (QED) is 0.690. The van der Waals surface area contributed by atoms with Gasteiger partial charge in [-0.15, -0.1) is 0 Å². The highest BCUT2D eigenvalue weighted by molar-refractivity contribution is 6.61. The van der Waals surface area contributed by atoms with E-state index in [0.29, 0.717) is 11.2 Å². The molecule has 5 nitrogen and oxygen atoms in total. The molecule has 1 heterocycles. The summed E-state index contributed by atoms with van der Waals surface area (Å²) >= 11 is 0. The third-order valence-electron chi connectivity index (χ3n) is 3.45. The largest absolute Gasteiger partial charge is 0.491 e. The first-order valence-electron chi connectivity index (χ1n) is 7.15. The van der Waals surface area contributed by atoms with Crippen LogP contribution < -0.4 is 10.2 Å². The van der Waals surface area contributed by atoms with Gasteiger partial charge in [0.2, 0.25) is 0 Å². The summed E-state index contributed by atoms with van der Waals surface area (Å²) in [6, 6.07) is 8.87. The van der Waals surface area contributed by atoms with Crippen LogP contribution in [0.15, 0.2) is 36.4 Å². The van der Waals surface area contributed by atoms with Gasteiger partial charge in [-0.3, -0.25) is 0 Å². The second kappa shape index (κ2) is 6.40. The van der Waals surface area contributed by atoms with Gasteiger partial charge in [-0.25, -0.2) is 9.18 Å². The molecule has 0 radical (unpaired) electrons. The number of esters is 1. The van der Waals surface area contributed by atoms with Crippen LogP contribution in [0.4, 0.5) is 4.39 Å². The minimum atomic E-state index is -0.931. The number of benzene rings is 2. The predicted octanol–water partition coefficient (Wildman–Crippen LogP) is 2.01. The number of hydrogen-bond donors (Lipinski definition) is 1. The standard InChI is InChI=1S/C16H14BFO5/c1-2-21-16(19)10-3-6-15(14(18)8-10)23-12-4-5-13-11(7-12)9-22-17(13)20/h3-8,20H,2,9H2,1H3. The summed E-state index contributed by atoms with van der Waals surface area (Å²) in [5.74, 6) is -0.823. The van der Waals surface area contributed by atoms with Crippen molar-refractivity contribution in [3.8, 4) is 11.5 Å². The van der Waals surface area contributed by atoms with Crippen LogP contribution in [0, 0.1) is 5.82 Å². The Bertz CT molecular complexity index is 749. The molecule has 0 atom stereocenters. The molecule has 1 aliphatic rings. The van der Waals surface area contributed by atoms with E-state index in [4.69, 9.17) is 14.1 Å². The van der Waals surface area contributed by atoms with Crippen molar-refractivity contribution in [2.24, 2.45) is 0 Å². The number of hydrogen-bond acceptors (Lipinski definition) is 5. The minimum Gasteiger partial charge on any atom is -0.462 e. The van der Waals surface area contributed by atoms with Crippen LogP contribution in [0.2, 0.25) is 0 Å². The fourth-order valence-corrected chi connectivity index (χ4v) is 2.32. The third-order valence-corrected chi connectivity index (χ3v) is 3.45. The smallest absolute Gasteiger partial charge is 0.462 e. The summed E-state index contributed by atoms with van der Waals surface area (Å²) < 4.78 is 29.5. The fourth-order valence-electron chi connectivity index (χ4n) is 2.32. The van der Waals surface area contributed by atoms with E-state index in [1.807, 2.05) is 0 Å². The molecule has 23 heavy (non-hydrogen) atoms. The van der Waals surface area contributed by atoms with Crippen molar-refractivity contribution < 1.29 is 28.3 Å². The lowest BCUT2D eigenvalue weighted by atomic mass is 9.80. The van der Waals surface area contributed by atoms with Crippen LogP contribution in [-0.2, 0) is 16.0 Å². The number of ether oxygens (including phenoxy) is 2. The van der Waals surface area contributed by atoms with E-state index in [1.54, 1.807) is 25.1 Å². The number of halogens is 1. The molecule has 0 unspecified atom stereocenters. The zero-order chi connectivity index (χ0) is 16.4. The molecular formula is C16H14BFO5. The molecule has 0 bridgehead atoms. The normalized spacial score (nSPS) is 12.9. The van der Waals surface area contributed by atoms with Crippen molar-refractivity contribution in [3.05, 3.63) is 53.3 Å². The first-order valence-corrected chi connectivity index (χ1v) is 7.15. The molecule has 0 saturated carbocycles. The number of rotatable bonds is 4. The maximum Gasteiger partial charge on any atom is 0.491 e. The molecule has 2 aromatic carbocycles. The van der Waals surface area contributed by atoms with Crippen LogP contribution in [0.3, 0.4) is 0 Å². The summed E-state index contributed by atoms with van der Waals surface area (Å²) in [5, 5.41) is 9.57. The zero-order valence-corrected chi connectivity index (χ0v) is 12.4. The maximum atomic E-state index is 14.1. The molecule has 118 valence electrons. The van der Waals surface area contributed by atoms with E-state index >= 15 is 0 Å². The Balaban J connectivity index is 1.79. The lowest BCUT2D eigenvalue weighted by molar-refractivity contribution is 0.0525. The number of carbonyl (C=O) groups is 1. The Morgan fingerprint density at radius 1 is 1.35 bits per heavy atom. The molecular weight excluding hydrogens is 302 g/mol. The van der Waals surface area contributed by atoms with Gasteiger partial charge in [-0.2, -0.15) is 0 Å². The molecule has 0 spiro atoms. The Morgan fingerprint density at radius 2 is 2.17 bits per heavy atom. The molecule has 1 N–H and O–H groups in total. The molecule has 0 saturated heterocycles. The highest BCUT2D eigenvalue weighted by Crippen LogP contribution is 2.27. The average molecular weight is 316 g/mol. The fraction of sp³-hybridized carbons (Fsp3) is 0.188. The van der Waals surface area contributed by atoms with Gasteiger partial charge in [-0.1, -0.05) is 6.07 Å². The van der Waals surface area contributed by atoms with E-state index in [9.17, 15) is 14.2 Å². The molecule has 0 fully saturated rings. The van der Waals surface area contributed by atoms with Crippen LogP contribution in [0.1, 0.15) is 22.8 Å². The second-order valence-corrected chi connectivity index (χ2v) is 4.99. The summed E-state index contributed by atoms with van der Waals surface area (Å²) in [6.45, 7) is 2.18. The van der Waals surface area contributed by atoms with Crippen molar-refractivity contribution in [3.63, 3.8) is 0 Å². The minimum absolute atomic E-state index is 0.00235. The van der Waals surface area contributed by atoms with Crippen molar-refractivity contribution in [2.45, 2.75) is 13.5 Å². The van der Waals surface area contributed by atoms with E-state index in [2.05, 4.69) is 0 Å². The Hall–Kier alpha value is -2.38. The SMILES string of the molecule is CCOC(=O)c1ccc(Oc2ccc3c(c2)COB3O)c(F)c1. The average Bonchev–Trinajstić information content (AvgIpc) is 2.90. The topological polar surface area (TPSA) is 65.0 Å². The van der Waals surface area contributed by atoms with Crippen molar-refractivity contribution in [2.75, 3.05) is 6.61 Å². The van der Waals surface area contributed by atoms with Gasteiger partial charge in [0.25, 0.3) is 0 Å². The Kier molecular flexibility index (Phi) is 4.32. The molecule has 1 aliphatic heterocycles. The van der Waals surface area contributed by atoms with Crippen molar-refractivity contribution >= 4 is 18.6 Å². The zero-order valence-electron chi connectivity index (χ0n) is 12.4. The van der Waals surface area contributed by atoms with E-state index < -0.39 is 18.9 Å². The summed E-state index contributed by atoms with van der Waals surface area (Å²) in [5.41, 5.74) is 1.59. The van der Waals surface area contributed by atoms with Gasteiger partial charge in [-0.05, 0) is 48.3 Å². The first kappa shape index (κ1) is 15.5. The molecule has 0 aliphatic carbocycles. The van der Waals surface area contributed by atoms with Crippen molar-refractivity contribution in [1.29, 1.82) is 0 Å². The molecule has 3 rings (SSSR count). The number of fused-ring (bicyclic) bond motifs is 1. The summed E-state index contributed by atoms with van der Waals surface area (Å²) in [4.78, 5) is 11.6. The van der Waals surface area contributed by atoms with Gasteiger partial charge in [0.1, 0.15) is 5.75 Å². The lowest BCUT2D eigenvalue weighted by Gasteiger charge is -2.09. The first-order chi connectivity index (χ1) is 11.1. The van der Waals surface area contributed by atoms with Gasteiger partial charge < -0.3 is 19.2 Å². The van der Waals surface area contributed by atoms with E-state index in [-0.39, 0.29) is 24.5 Å². The molecule has 7 heteroatoms. The Morgan fingerprint density at radius 3 is 2.91 bits per heavy atom. The lowest BCUT2D eigenvalue weighted by Crippen LogP contribution is -2.27. The monoisotopic (exact) mass is 316 g/mol. The van der Waals surface area contributed by atoms with Gasteiger partial charge in [0.05, 0.1) is 18.8 Å². The van der Waals surface area contributed by atoms with E-state index in [0.717, 1.165) is 11.6 Å². The van der Waals surface area contributed by atoms with Gasteiger partial charge in [0, 0.05) is 0 Å². The summed E-state index contributed by atoms with van der Waals surface area (Å²) in [7, 11) is -0.931. The second-order valence-electron chi connectivity index (χ2n) is 4.99. The maximum absolute atomic E-state index is 14.1. The van der Waals surface area contributed by atoms with Crippen LogP contribution in [0.25, 0.3) is 0 Å². The predicted molar refractivity (Wildman–Crippen MR) is 81.3 cm³/mol. The van der Waals surface area contributed by atoms with Gasteiger partial charge >= 0.3 is 13.1 Å². The highest BCUT2D eigenvalue weighted by atomic mass is 19.1. The molecule has 2 aromatic rings. The van der Waals surface area contributed by atoms with Gasteiger partial charge in [0.15, 0.2) is 11.6 Å².